The van der Waals surface area contributed by atoms with Gasteiger partial charge in [0, 0.05) is 39.0 Å². The molecule has 1 aromatic heterocycles. The lowest BCUT2D eigenvalue weighted by Crippen LogP contribution is -2.13. The quantitative estimate of drug-likeness (QED) is 0.747. The van der Waals surface area contributed by atoms with Crippen molar-refractivity contribution in [3.63, 3.8) is 0 Å². The lowest BCUT2D eigenvalue weighted by atomic mass is 10.2. The van der Waals surface area contributed by atoms with Gasteiger partial charge in [-0.15, -0.1) is 0 Å². The molecule has 1 N–H and O–H groups in total. The van der Waals surface area contributed by atoms with E-state index in [4.69, 9.17) is 0 Å². The predicted octanol–water partition coefficient (Wildman–Crippen LogP) is 4.22. The van der Waals surface area contributed by atoms with Crippen LogP contribution in [-0.4, -0.2) is 20.9 Å². The van der Waals surface area contributed by atoms with Gasteiger partial charge in [-0.05, 0) is 56.3 Å². The number of hydrogen-bond donors (Lipinski definition) is 1. The molecule has 0 radical (unpaired) electrons. The van der Waals surface area contributed by atoms with E-state index in [0.717, 1.165) is 5.69 Å². The predicted molar refractivity (Wildman–Crippen MR) is 102 cm³/mol. The molecular weight excluding hydrogens is 351 g/mol. The maximum Gasteiger partial charge on any atom is 0.257 e. The summed E-state index contributed by atoms with van der Waals surface area (Å²) in [6.45, 7) is 3.62. The number of aromatic nitrogens is 1. The Morgan fingerprint density at radius 3 is 2.35 bits per heavy atom. The Hall–Kier alpha value is -2.73. The third-order valence-electron chi connectivity index (χ3n) is 4.21. The third kappa shape index (κ3) is 3.46. The highest BCUT2D eigenvalue weighted by atomic mass is 32.2. The summed E-state index contributed by atoms with van der Waals surface area (Å²) in [6, 6.07) is 15.1. The van der Waals surface area contributed by atoms with E-state index in [1.54, 1.807) is 66.3 Å². The summed E-state index contributed by atoms with van der Waals surface area (Å²) in [5.74, 6) is -0.615. The van der Waals surface area contributed by atoms with Crippen LogP contribution in [0.4, 0.5) is 10.1 Å². The molecule has 0 aliphatic rings. The smallest absolute Gasteiger partial charge is 0.257 e. The summed E-state index contributed by atoms with van der Waals surface area (Å²) in [4.78, 5) is 13.4. The number of hydrogen-bond acceptors (Lipinski definition) is 2. The SMILES string of the molecule is Cc1cc(C(=O)Nc2ccc([S@](C)=O)cc2)c(C)n1-c1ccccc1F. The van der Waals surface area contributed by atoms with Gasteiger partial charge in [-0.1, -0.05) is 12.1 Å². The van der Waals surface area contributed by atoms with E-state index in [1.807, 2.05) is 6.92 Å². The molecule has 26 heavy (non-hydrogen) atoms. The van der Waals surface area contributed by atoms with Crippen LogP contribution in [0.5, 0.6) is 0 Å². The molecule has 0 saturated heterocycles. The summed E-state index contributed by atoms with van der Waals surface area (Å²) in [5, 5.41) is 2.83. The average molecular weight is 370 g/mol. The molecule has 3 aromatic rings. The number of benzene rings is 2. The minimum atomic E-state index is -1.06. The number of nitrogens with zero attached hydrogens (tertiary/aromatic N) is 1. The Labute approximate surface area is 154 Å². The standard InChI is InChI=1S/C20H19FN2O2S/c1-13-12-17(14(2)23(13)19-7-5-4-6-18(19)21)20(24)22-15-8-10-16(11-9-15)26(3)25/h4-12H,1-3H3,(H,22,24)/t26-/m0/s1. The zero-order valence-electron chi connectivity index (χ0n) is 14.7. The molecule has 4 nitrogen and oxygen atoms in total. The highest BCUT2D eigenvalue weighted by Gasteiger charge is 2.18. The number of carbonyl (C=O) groups is 1. The first-order chi connectivity index (χ1) is 12.4. The first-order valence-electron chi connectivity index (χ1n) is 8.07. The molecule has 1 amide bonds. The highest BCUT2D eigenvalue weighted by molar-refractivity contribution is 7.84. The molecular formula is C20H19FN2O2S. The lowest BCUT2D eigenvalue weighted by molar-refractivity contribution is 0.102. The lowest BCUT2D eigenvalue weighted by Gasteiger charge is -2.11. The van der Waals surface area contributed by atoms with Crippen LogP contribution in [0.2, 0.25) is 0 Å². The van der Waals surface area contributed by atoms with Gasteiger partial charge in [0.25, 0.3) is 5.91 Å². The number of amides is 1. The average Bonchev–Trinajstić information content (AvgIpc) is 2.90. The van der Waals surface area contributed by atoms with E-state index < -0.39 is 10.8 Å². The maximum atomic E-state index is 14.1. The van der Waals surface area contributed by atoms with Crippen LogP contribution < -0.4 is 5.32 Å². The van der Waals surface area contributed by atoms with E-state index in [-0.39, 0.29) is 11.7 Å². The fraction of sp³-hybridized carbons (Fsp3) is 0.150. The van der Waals surface area contributed by atoms with Gasteiger partial charge >= 0.3 is 0 Å². The van der Waals surface area contributed by atoms with Crippen LogP contribution in [0.15, 0.2) is 59.5 Å². The first-order valence-corrected chi connectivity index (χ1v) is 9.63. The summed E-state index contributed by atoms with van der Waals surface area (Å²) < 4.78 is 27.3. The summed E-state index contributed by atoms with van der Waals surface area (Å²) in [5.41, 5.74) is 2.94. The molecule has 1 atom stereocenters. The highest BCUT2D eigenvalue weighted by Crippen LogP contribution is 2.24. The Kier molecular flexibility index (Phi) is 5.04. The summed E-state index contributed by atoms with van der Waals surface area (Å²) in [7, 11) is -1.06. The molecule has 134 valence electrons. The van der Waals surface area contributed by atoms with Gasteiger partial charge in [-0.2, -0.15) is 0 Å². The van der Waals surface area contributed by atoms with Gasteiger partial charge in [0.05, 0.1) is 11.3 Å². The van der Waals surface area contributed by atoms with Gasteiger partial charge in [0.2, 0.25) is 0 Å². The number of nitrogens with one attached hydrogen (secondary N) is 1. The van der Waals surface area contributed by atoms with Crippen molar-refractivity contribution in [1.29, 1.82) is 0 Å². The van der Waals surface area contributed by atoms with Crippen molar-refractivity contribution in [2.24, 2.45) is 0 Å². The Morgan fingerprint density at radius 2 is 1.73 bits per heavy atom. The van der Waals surface area contributed by atoms with Crippen molar-refractivity contribution < 1.29 is 13.4 Å². The Morgan fingerprint density at radius 1 is 1.08 bits per heavy atom. The third-order valence-corrected chi connectivity index (χ3v) is 5.15. The van der Waals surface area contributed by atoms with E-state index in [2.05, 4.69) is 5.32 Å². The van der Waals surface area contributed by atoms with Crippen LogP contribution >= 0.6 is 0 Å². The zero-order chi connectivity index (χ0) is 18.8. The zero-order valence-corrected chi connectivity index (χ0v) is 15.6. The topological polar surface area (TPSA) is 51.1 Å². The Balaban J connectivity index is 1.90. The van der Waals surface area contributed by atoms with Gasteiger partial charge < -0.3 is 9.88 Å². The van der Waals surface area contributed by atoms with E-state index in [1.165, 1.54) is 6.07 Å². The minimum absolute atomic E-state index is 0.272. The molecule has 0 fully saturated rings. The Bertz CT molecular complexity index is 994. The molecule has 3 rings (SSSR count). The first kappa shape index (κ1) is 18.1. The minimum Gasteiger partial charge on any atom is -0.322 e. The second-order valence-electron chi connectivity index (χ2n) is 6.00. The van der Waals surface area contributed by atoms with E-state index >= 15 is 0 Å². The monoisotopic (exact) mass is 370 g/mol. The molecule has 6 heteroatoms. The van der Waals surface area contributed by atoms with Crippen LogP contribution in [0, 0.1) is 19.7 Å². The number of halogens is 1. The van der Waals surface area contributed by atoms with Crippen LogP contribution in [0.3, 0.4) is 0 Å². The molecule has 1 heterocycles. The fourth-order valence-corrected chi connectivity index (χ4v) is 3.44. The van der Waals surface area contributed by atoms with Crippen LogP contribution in [0.25, 0.3) is 5.69 Å². The molecule has 0 saturated carbocycles. The van der Waals surface area contributed by atoms with Gasteiger partial charge in [-0.25, -0.2) is 4.39 Å². The van der Waals surface area contributed by atoms with Crippen molar-refractivity contribution >= 4 is 22.4 Å². The summed E-state index contributed by atoms with van der Waals surface area (Å²) >= 11 is 0. The van der Waals surface area contributed by atoms with Gasteiger partial charge in [0.15, 0.2) is 0 Å². The van der Waals surface area contributed by atoms with Gasteiger partial charge in [-0.3, -0.25) is 9.00 Å². The number of anilines is 1. The number of aryl methyl sites for hydroxylation is 1. The van der Waals surface area contributed by atoms with Crippen molar-refractivity contribution in [2.45, 2.75) is 18.7 Å². The maximum absolute atomic E-state index is 14.1. The number of carbonyl (C=O) groups excluding carboxylic acids is 1. The molecule has 2 aromatic carbocycles. The molecule has 0 spiro atoms. The second kappa shape index (κ2) is 7.25. The fourth-order valence-electron chi connectivity index (χ4n) is 2.92. The molecule has 0 aliphatic heterocycles. The largest absolute Gasteiger partial charge is 0.322 e. The molecule has 0 bridgehead atoms. The van der Waals surface area contributed by atoms with Crippen molar-refractivity contribution in [2.75, 3.05) is 11.6 Å². The molecule has 0 aliphatic carbocycles. The van der Waals surface area contributed by atoms with Gasteiger partial charge in [0.1, 0.15) is 5.82 Å². The second-order valence-corrected chi connectivity index (χ2v) is 7.38. The van der Waals surface area contributed by atoms with Crippen LogP contribution in [-0.2, 0) is 10.8 Å². The van der Waals surface area contributed by atoms with E-state index in [0.29, 0.717) is 27.5 Å². The number of rotatable bonds is 4. The number of para-hydroxylation sites is 1. The van der Waals surface area contributed by atoms with Crippen LogP contribution in [0.1, 0.15) is 21.7 Å². The summed E-state index contributed by atoms with van der Waals surface area (Å²) in [6.07, 6.45) is 1.60. The van der Waals surface area contributed by atoms with Crippen molar-refractivity contribution in [1.82, 2.24) is 4.57 Å². The van der Waals surface area contributed by atoms with Crippen molar-refractivity contribution in [3.05, 3.63) is 77.4 Å². The molecule has 0 unspecified atom stereocenters. The van der Waals surface area contributed by atoms with E-state index in [9.17, 15) is 13.4 Å². The van der Waals surface area contributed by atoms with Crippen molar-refractivity contribution in [3.8, 4) is 5.69 Å². The normalized spacial score (nSPS) is 12.0.